The van der Waals surface area contributed by atoms with E-state index in [0.29, 0.717) is 32.4 Å². The lowest BCUT2D eigenvalue weighted by Gasteiger charge is -2.32. The van der Waals surface area contributed by atoms with Crippen molar-refractivity contribution in [3.63, 3.8) is 0 Å². The van der Waals surface area contributed by atoms with Crippen LogP contribution < -0.4 is 5.32 Å². The van der Waals surface area contributed by atoms with Crippen LogP contribution in [0.15, 0.2) is 4.99 Å². The van der Waals surface area contributed by atoms with E-state index in [1.165, 1.54) is 38.8 Å². The van der Waals surface area contributed by atoms with Crippen LogP contribution in [0, 0.1) is 0 Å². The van der Waals surface area contributed by atoms with Crippen molar-refractivity contribution >= 4 is 29.9 Å². The first-order valence-corrected chi connectivity index (χ1v) is 9.33. The topological polar surface area (TPSA) is 49.3 Å². The molecule has 0 amide bonds. The number of aliphatic imine (C=N–C) groups is 1. The fourth-order valence-electron chi connectivity index (χ4n) is 3.77. The Labute approximate surface area is 163 Å². The van der Waals surface area contributed by atoms with Crippen LogP contribution in [-0.4, -0.2) is 87.0 Å². The lowest BCUT2D eigenvalue weighted by Crippen LogP contribution is -2.45. The van der Waals surface area contributed by atoms with E-state index in [9.17, 15) is 0 Å². The van der Waals surface area contributed by atoms with Gasteiger partial charge in [-0.2, -0.15) is 0 Å². The second-order valence-corrected chi connectivity index (χ2v) is 6.75. The third-order valence-electron chi connectivity index (χ3n) is 5.03. The third-order valence-corrected chi connectivity index (χ3v) is 5.03. The van der Waals surface area contributed by atoms with E-state index in [0.717, 1.165) is 25.6 Å². The van der Waals surface area contributed by atoms with E-state index >= 15 is 0 Å². The summed E-state index contributed by atoms with van der Waals surface area (Å²) in [5.41, 5.74) is 0. The fraction of sp³-hybridized carbons (Fsp3) is 0.941. The lowest BCUT2D eigenvalue weighted by atomic mass is 10.1. The summed E-state index contributed by atoms with van der Waals surface area (Å²) in [6.07, 6.45) is 5.50. The average Bonchev–Trinajstić information content (AvgIpc) is 3.10. The van der Waals surface area contributed by atoms with Crippen LogP contribution in [0.5, 0.6) is 0 Å². The van der Waals surface area contributed by atoms with E-state index in [1.54, 1.807) is 0 Å². The molecule has 140 valence electrons. The van der Waals surface area contributed by atoms with Crippen molar-refractivity contribution in [2.45, 2.75) is 44.8 Å². The van der Waals surface area contributed by atoms with Crippen molar-refractivity contribution in [1.82, 2.24) is 15.1 Å². The van der Waals surface area contributed by atoms with E-state index in [1.807, 2.05) is 0 Å². The van der Waals surface area contributed by atoms with Crippen LogP contribution >= 0.6 is 24.0 Å². The normalized spacial score (nSPS) is 29.4. The monoisotopic (exact) mass is 452 g/mol. The van der Waals surface area contributed by atoms with Gasteiger partial charge in [-0.25, -0.2) is 0 Å². The molecule has 3 saturated heterocycles. The number of hydrogen-bond donors (Lipinski definition) is 1. The van der Waals surface area contributed by atoms with Gasteiger partial charge in [-0.15, -0.1) is 24.0 Å². The van der Waals surface area contributed by atoms with Crippen LogP contribution in [0.1, 0.15) is 32.6 Å². The summed E-state index contributed by atoms with van der Waals surface area (Å²) in [7, 11) is 0. The summed E-state index contributed by atoms with van der Waals surface area (Å²) in [5, 5.41) is 3.45. The predicted molar refractivity (Wildman–Crippen MR) is 107 cm³/mol. The molecule has 2 unspecified atom stereocenters. The summed E-state index contributed by atoms with van der Waals surface area (Å²) in [5.74, 6) is 1.04. The Kier molecular flexibility index (Phi) is 9.07. The second kappa shape index (κ2) is 10.8. The minimum atomic E-state index is 0. The van der Waals surface area contributed by atoms with Gasteiger partial charge in [0.2, 0.25) is 0 Å². The third kappa shape index (κ3) is 5.71. The molecule has 1 N–H and O–H groups in total. The molecule has 7 heteroatoms. The summed E-state index contributed by atoms with van der Waals surface area (Å²) in [6.45, 7) is 10.6. The maximum atomic E-state index is 5.70. The standard InChI is InChI=1S/C17H32N4O2.HI/c1-2-18-17(19-12-16-14-22-10-11-23-16)21-9-6-15(13-21)20-7-4-3-5-8-20;/h15-16H,2-14H2,1H3,(H,18,19);1H. The van der Waals surface area contributed by atoms with Gasteiger partial charge < -0.3 is 19.7 Å². The van der Waals surface area contributed by atoms with Crippen LogP contribution in [-0.2, 0) is 9.47 Å². The zero-order valence-corrected chi connectivity index (χ0v) is 17.2. The smallest absolute Gasteiger partial charge is 0.194 e. The van der Waals surface area contributed by atoms with Crippen molar-refractivity contribution < 1.29 is 9.47 Å². The van der Waals surface area contributed by atoms with Crippen molar-refractivity contribution in [3.8, 4) is 0 Å². The van der Waals surface area contributed by atoms with Crippen LogP contribution in [0.2, 0.25) is 0 Å². The molecule has 3 heterocycles. The lowest BCUT2D eigenvalue weighted by molar-refractivity contribution is -0.0833. The molecule has 2 atom stereocenters. The van der Waals surface area contributed by atoms with Crippen LogP contribution in [0.3, 0.4) is 0 Å². The summed E-state index contributed by atoms with van der Waals surface area (Å²) in [6, 6.07) is 0.702. The molecule has 6 nitrogen and oxygen atoms in total. The molecule has 0 aromatic rings. The molecule has 24 heavy (non-hydrogen) atoms. The number of hydrogen-bond acceptors (Lipinski definition) is 4. The zero-order chi connectivity index (χ0) is 15.9. The van der Waals surface area contributed by atoms with Gasteiger partial charge >= 0.3 is 0 Å². The summed E-state index contributed by atoms with van der Waals surface area (Å²) >= 11 is 0. The predicted octanol–water partition coefficient (Wildman–Crippen LogP) is 1.55. The first-order chi connectivity index (χ1) is 11.4. The van der Waals surface area contributed by atoms with Crippen molar-refractivity contribution in [1.29, 1.82) is 0 Å². The molecule has 3 rings (SSSR count). The highest BCUT2D eigenvalue weighted by molar-refractivity contribution is 14.0. The Hall–Kier alpha value is -0.120. The number of ether oxygens (including phenoxy) is 2. The number of halogens is 1. The molecular weight excluding hydrogens is 419 g/mol. The fourth-order valence-corrected chi connectivity index (χ4v) is 3.77. The van der Waals surface area contributed by atoms with E-state index in [-0.39, 0.29) is 30.1 Å². The average molecular weight is 452 g/mol. The first-order valence-electron chi connectivity index (χ1n) is 9.33. The summed E-state index contributed by atoms with van der Waals surface area (Å²) < 4.78 is 11.2. The minimum Gasteiger partial charge on any atom is -0.376 e. The van der Waals surface area contributed by atoms with Gasteiger partial charge in [0.25, 0.3) is 0 Å². The molecule has 0 aromatic heterocycles. The molecule has 3 aliphatic heterocycles. The number of rotatable bonds is 4. The highest BCUT2D eigenvalue weighted by atomic mass is 127. The van der Waals surface area contributed by atoms with Gasteiger partial charge in [-0.05, 0) is 39.3 Å². The summed E-state index contributed by atoms with van der Waals surface area (Å²) in [4.78, 5) is 9.92. The largest absolute Gasteiger partial charge is 0.376 e. The van der Waals surface area contributed by atoms with Gasteiger partial charge in [0, 0.05) is 25.7 Å². The zero-order valence-electron chi connectivity index (χ0n) is 14.9. The molecule has 3 aliphatic rings. The molecule has 0 bridgehead atoms. The van der Waals surface area contributed by atoms with E-state index in [4.69, 9.17) is 14.5 Å². The maximum absolute atomic E-state index is 5.70. The van der Waals surface area contributed by atoms with Gasteiger partial charge in [0.1, 0.15) is 6.10 Å². The van der Waals surface area contributed by atoms with Gasteiger partial charge in [-0.1, -0.05) is 6.42 Å². The van der Waals surface area contributed by atoms with Crippen LogP contribution in [0.4, 0.5) is 0 Å². The molecule has 0 spiro atoms. The van der Waals surface area contributed by atoms with Gasteiger partial charge in [0.15, 0.2) is 5.96 Å². The molecule has 0 radical (unpaired) electrons. The number of piperidine rings is 1. The number of nitrogens with zero attached hydrogens (tertiary/aromatic N) is 3. The first kappa shape index (κ1) is 20.2. The quantitative estimate of drug-likeness (QED) is 0.399. The molecular formula is C17H33IN4O2. The Morgan fingerprint density at radius 3 is 2.71 bits per heavy atom. The highest BCUT2D eigenvalue weighted by Crippen LogP contribution is 2.20. The number of likely N-dealkylation sites (tertiary alicyclic amines) is 2. The highest BCUT2D eigenvalue weighted by Gasteiger charge is 2.30. The molecule has 3 fully saturated rings. The molecule has 0 saturated carbocycles. The van der Waals surface area contributed by atoms with Crippen molar-refractivity contribution in [2.24, 2.45) is 4.99 Å². The van der Waals surface area contributed by atoms with Crippen molar-refractivity contribution in [3.05, 3.63) is 0 Å². The number of guanidine groups is 1. The SMILES string of the molecule is CCNC(=NCC1COCCO1)N1CCC(N2CCCCC2)C1.I. The second-order valence-electron chi connectivity index (χ2n) is 6.75. The van der Waals surface area contributed by atoms with Gasteiger partial charge in [0.05, 0.1) is 26.4 Å². The minimum absolute atomic E-state index is 0. The molecule has 0 aromatic carbocycles. The van der Waals surface area contributed by atoms with Gasteiger partial charge in [-0.3, -0.25) is 9.89 Å². The molecule has 0 aliphatic carbocycles. The Morgan fingerprint density at radius 2 is 2.00 bits per heavy atom. The van der Waals surface area contributed by atoms with E-state index < -0.39 is 0 Å². The Morgan fingerprint density at radius 1 is 1.17 bits per heavy atom. The van der Waals surface area contributed by atoms with Crippen LogP contribution in [0.25, 0.3) is 0 Å². The number of nitrogens with one attached hydrogen (secondary N) is 1. The maximum Gasteiger partial charge on any atom is 0.194 e. The Bertz CT molecular complexity index is 385. The van der Waals surface area contributed by atoms with Crippen molar-refractivity contribution in [2.75, 3.05) is 59.1 Å². The Balaban J connectivity index is 0.00000208. The van der Waals surface area contributed by atoms with E-state index in [2.05, 4.69) is 22.0 Å².